The largest absolute Gasteiger partial charge is 0.399 e. The van der Waals surface area contributed by atoms with Gasteiger partial charge >= 0.3 is 0 Å². The molecule has 0 amide bonds. The molecule has 0 bridgehead atoms. The quantitative estimate of drug-likeness (QED) is 0.623. The summed E-state index contributed by atoms with van der Waals surface area (Å²) < 4.78 is 1.31. The lowest BCUT2D eigenvalue weighted by atomic mass is 10.1. The van der Waals surface area contributed by atoms with E-state index in [-0.39, 0.29) is 0 Å². The minimum Gasteiger partial charge on any atom is -0.399 e. The van der Waals surface area contributed by atoms with Crippen molar-refractivity contribution in [1.29, 1.82) is 0 Å². The molecule has 0 saturated heterocycles. The molecule has 2 aromatic rings. The van der Waals surface area contributed by atoms with Crippen LogP contribution in [0, 0.1) is 6.92 Å². The van der Waals surface area contributed by atoms with Gasteiger partial charge in [-0.25, -0.2) is 0 Å². The van der Waals surface area contributed by atoms with Gasteiger partial charge in [-0.15, -0.1) is 11.3 Å². The normalized spacial score (nSPS) is 11.3. The second kappa shape index (κ2) is 4.54. The summed E-state index contributed by atoms with van der Waals surface area (Å²) in [5, 5.41) is 1.28. The van der Waals surface area contributed by atoms with Gasteiger partial charge in [-0.05, 0) is 36.1 Å². The van der Waals surface area contributed by atoms with E-state index >= 15 is 0 Å². The Hall–Kier alpha value is -1.54. The Labute approximate surface area is 99.9 Å². The summed E-state index contributed by atoms with van der Waals surface area (Å²) in [5.74, 6) is 0. The molecule has 2 N–H and O–H groups in total. The van der Waals surface area contributed by atoms with Gasteiger partial charge in [0.25, 0.3) is 0 Å². The highest BCUT2D eigenvalue weighted by Crippen LogP contribution is 2.32. The monoisotopic (exact) mass is 229 g/mol. The number of hydrogen-bond acceptors (Lipinski definition) is 2. The van der Waals surface area contributed by atoms with Crippen molar-refractivity contribution in [2.24, 2.45) is 0 Å². The summed E-state index contributed by atoms with van der Waals surface area (Å²) in [6.45, 7) is 5.83. The van der Waals surface area contributed by atoms with Crippen molar-refractivity contribution in [3.8, 4) is 0 Å². The third-order valence-corrected chi connectivity index (χ3v) is 3.93. The molecule has 1 nitrogen and oxygen atoms in total. The van der Waals surface area contributed by atoms with Crippen LogP contribution in [0.3, 0.4) is 0 Å². The first-order valence-corrected chi connectivity index (χ1v) is 6.09. The zero-order chi connectivity index (χ0) is 11.5. The Morgan fingerprint density at radius 1 is 1.44 bits per heavy atom. The standard InChI is InChI=1S/C14H15NS/c1-3-4-5-6-13-10(2)12-9-11(15)7-8-14(12)16-13/h3-5,7-9H,1,6,15H2,2H3. The number of thiophene rings is 1. The molecule has 0 unspecified atom stereocenters. The molecule has 0 radical (unpaired) electrons. The summed E-state index contributed by atoms with van der Waals surface area (Å²) in [7, 11) is 0. The molecule has 1 heterocycles. The van der Waals surface area contributed by atoms with Gasteiger partial charge in [-0.3, -0.25) is 0 Å². The molecule has 0 aliphatic carbocycles. The van der Waals surface area contributed by atoms with Gasteiger partial charge in [0.2, 0.25) is 0 Å². The molecule has 82 valence electrons. The Bertz CT molecular complexity index is 549. The van der Waals surface area contributed by atoms with E-state index in [4.69, 9.17) is 5.73 Å². The first-order chi connectivity index (χ1) is 7.72. The van der Waals surface area contributed by atoms with Crippen molar-refractivity contribution in [3.63, 3.8) is 0 Å². The molecular formula is C14H15NS. The summed E-state index contributed by atoms with van der Waals surface area (Å²) in [6.07, 6.45) is 6.89. The molecule has 0 saturated carbocycles. The molecule has 0 fully saturated rings. The van der Waals surface area contributed by atoms with E-state index in [0.717, 1.165) is 12.1 Å². The van der Waals surface area contributed by atoms with Crippen LogP contribution in [-0.4, -0.2) is 0 Å². The van der Waals surface area contributed by atoms with E-state index in [2.05, 4.69) is 31.7 Å². The van der Waals surface area contributed by atoms with Gasteiger partial charge in [-0.1, -0.05) is 24.8 Å². The van der Waals surface area contributed by atoms with Crippen LogP contribution in [0.2, 0.25) is 0 Å². The van der Waals surface area contributed by atoms with Crippen LogP contribution in [0.1, 0.15) is 10.4 Å². The lowest BCUT2D eigenvalue weighted by molar-refractivity contribution is 1.30. The van der Waals surface area contributed by atoms with Crippen molar-refractivity contribution in [3.05, 3.63) is 53.4 Å². The van der Waals surface area contributed by atoms with Crippen molar-refractivity contribution >= 4 is 27.1 Å². The minimum absolute atomic E-state index is 0.835. The zero-order valence-corrected chi connectivity index (χ0v) is 10.2. The van der Waals surface area contributed by atoms with Gasteiger partial charge in [0.15, 0.2) is 0 Å². The summed E-state index contributed by atoms with van der Waals surface area (Å²) in [4.78, 5) is 1.40. The molecule has 0 atom stereocenters. The fourth-order valence-electron chi connectivity index (χ4n) is 1.76. The number of nitrogen functional groups attached to an aromatic ring is 1. The Morgan fingerprint density at radius 3 is 3.00 bits per heavy atom. The number of anilines is 1. The number of allylic oxidation sites excluding steroid dienone is 3. The number of fused-ring (bicyclic) bond motifs is 1. The second-order valence-corrected chi connectivity index (χ2v) is 4.91. The van der Waals surface area contributed by atoms with Crippen molar-refractivity contribution < 1.29 is 0 Å². The van der Waals surface area contributed by atoms with E-state index in [9.17, 15) is 0 Å². The first-order valence-electron chi connectivity index (χ1n) is 5.27. The van der Waals surface area contributed by atoms with E-state index in [1.807, 2.05) is 23.5 Å². The van der Waals surface area contributed by atoms with Gasteiger partial charge in [0.05, 0.1) is 0 Å². The van der Waals surface area contributed by atoms with Crippen LogP contribution in [0.4, 0.5) is 5.69 Å². The zero-order valence-electron chi connectivity index (χ0n) is 9.36. The Kier molecular flexibility index (Phi) is 3.11. The Morgan fingerprint density at radius 2 is 2.25 bits per heavy atom. The summed E-state index contributed by atoms with van der Waals surface area (Å²) >= 11 is 1.84. The number of rotatable bonds is 3. The third kappa shape index (κ3) is 2.02. The fourth-order valence-corrected chi connectivity index (χ4v) is 2.92. The third-order valence-electron chi connectivity index (χ3n) is 2.63. The Balaban J connectivity index is 2.43. The second-order valence-electron chi connectivity index (χ2n) is 3.77. The summed E-state index contributed by atoms with van der Waals surface area (Å²) in [6, 6.07) is 6.12. The van der Waals surface area contributed by atoms with Gasteiger partial charge < -0.3 is 5.73 Å². The van der Waals surface area contributed by atoms with E-state index in [0.29, 0.717) is 0 Å². The van der Waals surface area contributed by atoms with Crippen LogP contribution in [0.5, 0.6) is 0 Å². The number of aryl methyl sites for hydroxylation is 1. The summed E-state index contributed by atoms with van der Waals surface area (Å²) in [5.41, 5.74) is 7.98. The molecule has 0 spiro atoms. The molecule has 16 heavy (non-hydrogen) atoms. The highest BCUT2D eigenvalue weighted by atomic mass is 32.1. The van der Waals surface area contributed by atoms with E-state index in [1.165, 1.54) is 20.5 Å². The maximum Gasteiger partial charge on any atom is 0.0350 e. The van der Waals surface area contributed by atoms with Gasteiger partial charge in [0.1, 0.15) is 0 Å². The molecule has 0 aliphatic rings. The maximum absolute atomic E-state index is 5.80. The molecule has 2 rings (SSSR count). The molecule has 2 heteroatoms. The average Bonchev–Trinajstić information content (AvgIpc) is 2.57. The van der Waals surface area contributed by atoms with E-state index in [1.54, 1.807) is 6.08 Å². The predicted octanol–water partition coefficient (Wildman–Crippen LogP) is 4.08. The van der Waals surface area contributed by atoms with Crippen LogP contribution in [-0.2, 0) is 6.42 Å². The molecule has 0 aliphatic heterocycles. The van der Waals surface area contributed by atoms with Crippen molar-refractivity contribution in [2.45, 2.75) is 13.3 Å². The SMILES string of the molecule is C=CC=CCc1sc2ccc(N)cc2c1C. The van der Waals surface area contributed by atoms with Crippen LogP contribution >= 0.6 is 11.3 Å². The highest BCUT2D eigenvalue weighted by Gasteiger charge is 2.06. The molecule has 1 aromatic carbocycles. The van der Waals surface area contributed by atoms with Crippen molar-refractivity contribution in [1.82, 2.24) is 0 Å². The van der Waals surface area contributed by atoms with Gasteiger partial charge in [0, 0.05) is 21.7 Å². The number of benzene rings is 1. The van der Waals surface area contributed by atoms with Crippen LogP contribution < -0.4 is 5.73 Å². The fraction of sp³-hybridized carbons (Fsp3) is 0.143. The molecule has 1 aromatic heterocycles. The van der Waals surface area contributed by atoms with E-state index < -0.39 is 0 Å². The average molecular weight is 229 g/mol. The van der Waals surface area contributed by atoms with Crippen LogP contribution in [0.25, 0.3) is 10.1 Å². The topological polar surface area (TPSA) is 26.0 Å². The predicted molar refractivity (Wildman–Crippen MR) is 74.0 cm³/mol. The van der Waals surface area contributed by atoms with Crippen molar-refractivity contribution in [2.75, 3.05) is 5.73 Å². The number of nitrogens with two attached hydrogens (primary N) is 1. The number of hydrogen-bond donors (Lipinski definition) is 1. The minimum atomic E-state index is 0.835. The van der Waals surface area contributed by atoms with Crippen LogP contribution in [0.15, 0.2) is 43.0 Å². The highest BCUT2D eigenvalue weighted by molar-refractivity contribution is 7.19. The lowest BCUT2D eigenvalue weighted by Gasteiger charge is -1.95. The lowest BCUT2D eigenvalue weighted by Crippen LogP contribution is -1.83. The van der Waals surface area contributed by atoms with Gasteiger partial charge in [-0.2, -0.15) is 0 Å². The smallest absolute Gasteiger partial charge is 0.0350 e. The maximum atomic E-state index is 5.80. The molecular weight excluding hydrogens is 214 g/mol. The first kappa shape index (κ1) is 11.0.